The summed E-state index contributed by atoms with van der Waals surface area (Å²) in [6, 6.07) is 14.3. The van der Waals surface area contributed by atoms with E-state index in [0.29, 0.717) is 31.0 Å². The van der Waals surface area contributed by atoms with E-state index < -0.39 is 44.8 Å². The Morgan fingerprint density at radius 1 is 1.06 bits per heavy atom. The largest absolute Gasteiger partial charge is 0.496 e. The fourth-order valence-corrected chi connectivity index (χ4v) is 8.39. The molecule has 2 N–H and O–H groups in total. The van der Waals surface area contributed by atoms with Crippen LogP contribution in [0.25, 0.3) is 21.9 Å². The number of pyridine rings is 1. The van der Waals surface area contributed by atoms with Gasteiger partial charge in [0.25, 0.3) is 5.91 Å². The minimum Gasteiger partial charge on any atom is -0.496 e. The van der Waals surface area contributed by atoms with Crippen LogP contribution in [0.1, 0.15) is 44.9 Å². The summed E-state index contributed by atoms with van der Waals surface area (Å²) in [5.41, 5.74) is 0.454. The molecule has 0 radical (unpaired) electrons. The molecule has 4 amide bonds. The maximum absolute atomic E-state index is 14.1. The Hall–Kier alpha value is -4.65. The van der Waals surface area contributed by atoms with Crippen molar-refractivity contribution in [3.05, 3.63) is 66.9 Å². The topological polar surface area (TPSA) is 147 Å². The van der Waals surface area contributed by atoms with Crippen LogP contribution in [0.3, 0.4) is 0 Å². The lowest BCUT2D eigenvalue weighted by atomic mass is 9.98. The Labute approximate surface area is 285 Å². The Kier molecular flexibility index (Phi) is 8.72. The summed E-state index contributed by atoms with van der Waals surface area (Å²) in [5, 5.41) is 3.94. The lowest BCUT2D eigenvalue weighted by Crippen LogP contribution is -2.57. The number of nitrogens with zero attached hydrogens (tertiary/aromatic N) is 3. The highest BCUT2D eigenvalue weighted by Gasteiger charge is 2.62. The zero-order chi connectivity index (χ0) is 34.3. The number of hydrogen-bond acceptors (Lipinski definition) is 8. The van der Waals surface area contributed by atoms with Crippen molar-refractivity contribution in [3.63, 3.8) is 0 Å². The molecule has 3 fully saturated rings. The molecular weight excluding hydrogens is 646 g/mol. The second-order valence-corrected chi connectivity index (χ2v) is 15.4. The summed E-state index contributed by atoms with van der Waals surface area (Å²) >= 11 is 0. The highest BCUT2D eigenvalue weighted by atomic mass is 32.2. The molecule has 1 aromatic heterocycles. The minimum atomic E-state index is -3.83. The van der Waals surface area contributed by atoms with Crippen LogP contribution in [0, 0.1) is 5.92 Å². The molecule has 2 aromatic carbocycles. The molecule has 2 aliphatic heterocycles. The van der Waals surface area contributed by atoms with E-state index in [4.69, 9.17) is 9.47 Å². The van der Waals surface area contributed by atoms with Crippen molar-refractivity contribution >= 4 is 38.6 Å². The standard InChI is InChI=1S/C36H41N5O7S/c1-40-19-9-4-3-8-12-24-21-36(24,34(43)39-49(45,46)26-13-14-26)38-32(42)29-20-25(22-41(29)35(40)44)48-33-28-15-16-30(47-2)31(27(28)17-18-37-33)23-10-6-5-7-11-23/h5-8,10-12,15-18,24-26,29H,3-4,9,13-14,19-22H2,1-2H3,(H,38,42)(H,39,43)/b12-8-. The van der Waals surface area contributed by atoms with E-state index in [-0.39, 0.29) is 31.3 Å². The molecule has 13 heteroatoms. The molecule has 4 unspecified atom stereocenters. The Morgan fingerprint density at radius 3 is 2.61 bits per heavy atom. The number of urea groups is 1. The zero-order valence-electron chi connectivity index (χ0n) is 27.6. The van der Waals surface area contributed by atoms with Crippen LogP contribution in [0.5, 0.6) is 11.6 Å². The van der Waals surface area contributed by atoms with E-state index in [0.717, 1.165) is 41.2 Å². The van der Waals surface area contributed by atoms with E-state index in [1.807, 2.05) is 60.7 Å². The third-order valence-electron chi connectivity index (χ3n) is 10.0. The Bertz CT molecular complexity index is 1920. The number of rotatable bonds is 7. The zero-order valence-corrected chi connectivity index (χ0v) is 28.4. The van der Waals surface area contributed by atoms with Gasteiger partial charge < -0.3 is 24.6 Å². The molecule has 4 aliphatic rings. The molecule has 12 nitrogen and oxygen atoms in total. The first-order valence-corrected chi connectivity index (χ1v) is 18.4. The van der Waals surface area contributed by atoms with Crippen molar-refractivity contribution in [2.45, 2.75) is 67.9 Å². The lowest BCUT2D eigenvalue weighted by molar-refractivity contribution is -0.131. The third-order valence-corrected chi connectivity index (χ3v) is 11.8. The van der Waals surface area contributed by atoms with Gasteiger partial charge in [0.2, 0.25) is 21.8 Å². The Balaban J connectivity index is 1.18. The van der Waals surface area contributed by atoms with Gasteiger partial charge in [-0.1, -0.05) is 42.5 Å². The maximum atomic E-state index is 14.1. The first-order valence-electron chi connectivity index (χ1n) is 16.9. The van der Waals surface area contributed by atoms with Crippen molar-refractivity contribution in [2.75, 3.05) is 27.2 Å². The van der Waals surface area contributed by atoms with Crippen LogP contribution in [-0.2, 0) is 19.6 Å². The quantitative estimate of drug-likeness (QED) is 0.355. The molecule has 258 valence electrons. The van der Waals surface area contributed by atoms with E-state index in [1.165, 1.54) is 4.90 Å². The number of fused-ring (bicyclic) bond motifs is 3. The maximum Gasteiger partial charge on any atom is 0.320 e. The summed E-state index contributed by atoms with van der Waals surface area (Å²) in [6.07, 6.45) is 8.72. The number of sulfonamides is 1. The fourth-order valence-electron chi connectivity index (χ4n) is 7.03. The molecule has 7 rings (SSSR count). The van der Waals surface area contributed by atoms with Crippen LogP contribution in [-0.4, -0.2) is 91.2 Å². The molecule has 3 aromatic rings. The van der Waals surface area contributed by atoms with Crippen molar-refractivity contribution in [2.24, 2.45) is 5.92 Å². The van der Waals surface area contributed by atoms with Gasteiger partial charge in [-0.05, 0) is 62.3 Å². The van der Waals surface area contributed by atoms with Gasteiger partial charge in [-0.15, -0.1) is 0 Å². The molecule has 3 heterocycles. The molecule has 1 saturated heterocycles. The van der Waals surface area contributed by atoms with E-state index >= 15 is 0 Å². The van der Waals surface area contributed by atoms with Crippen molar-refractivity contribution < 1.29 is 32.3 Å². The summed E-state index contributed by atoms with van der Waals surface area (Å²) in [6.45, 7) is 0.645. The molecule has 0 bridgehead atoms. The second kappa shape index (κ2) is 13.0. The number of carbonyl (C=O) groups excluding carboxylic acids is 3. The van der Waals surface area contributed by atoms with Gasteiger partial charge in [0, 0.05) is 48.5 Å². The predicted molar refractivity (Wildman–Crippen MR) is 183 cm³/mol. The molecule has 2 aliphatic carbocycles. The van der Waals surface area contributed by atoms with Gasteiger partial charge in [-0.2, -0.15) is 0 Å². The number of amides is 4. The minimum absolute atomic E-state index is 0.125. The molecular formula is C36H41N5O7S. The van der Waals surface area contributed by atoms with Crippen LogP contribution < -0.4 is 19.5 Å². The van der Waals surface area contributed by atoms with Gasteiger partial charge >= 0.3 is 6.03 Å². The van der Waals surface area contributed by atoms with Crippen molar-refractivity contribution in [3.8, 4) is 22.8 Å². The lowest BCUT2D eigenvalue weighted by Gasteiger charge is -2.30. The van der Waals surface area contributed by atoms with Crippen LogP contribution in [0.2, 0.25) is 0 Å². The Morgan fingerprint density at radius 2 is 1.86 bits per heavy atom. The molecule has 4 atom stereocenters. The summed E-state index contributed by atoms with van der Waals surface area (Å²) in [5.74, 6) is -0.552. The number of methoxy groups -OCH3 is 1. The van der Waals surface area contributed by atoms with Gasteiger partial charge in [-0.25, -0.2) is 18.2 Å². The number of carbonyl (C=O) groups is 3. The summed E-state index contributed by atoms with van der Waals surface area (Å²) in [4.78, 5) is 49.1. The van der Waals surface area contributed by atoms with Crippen molar-refractivity contribution in [1.29, 1.82) is 0 Å². The predicted octanol–water partition coefficient (Wildman–Crippen LogP) is 4.01. The molecule has 49 heavy (non-hydrogen) atoms. The average molecular weight is 688 g/mol. The number of nitrogens with one attached hydrogen (secondary N) is 2. The van der Waals surface area contributed by atoms with Gasteiger partial charge in [0.15, 0.2) is 0 Å². The number of aromatic nitrogens is 1. The number of allylic oxidation sites excluding steroid dienone is 1. The molecule has 2 saturated carbocycles. The highest BCUT2D eigenvalue weighted by Crippen LogP contribution is 2.46. The van der Waals surface area contributed by atoms with E-state index in [9.17, 15) is 22.8 Å². The van der Waals surface area contributed by atoms with Crippen molar-refractivity contribution in [1.82, 2.24) is 24.8 Å². The summed E-state index contributed by atoms with van der Waals surface area (Å²) in [7, 11) is -0.484. The van der Waals surface area contributed by atoms with Crippen LogP contribution >= 0.6 is 0 Å². The monoisotopic (exact) mass is 687 g/mol. The smallest absolute Gasteiger partial charge is 0.320 e. The highest BCUT2D eigenvalue weighted by molar-refractivity contribution is 7.91. The number of hydrogen-bond donors (Lipinski definition) is 2. The average Bonchev–Trinajstić information content (AvgIpc) is 4.02. The number of ether oxygens (including phenoxy) is 2. The third kappa shape index (κ3) is 6.43. The second-order valence-electron chi connectivity index (χ2n) is 13.4. The van der Waals surface area contributed by atoms with Crippen LogP contribution in [0.4, 0.5) is 4.79 Å². The first-order chi connectivity index (χ1) is 23.6. The first kappa shape index (κ1) is 32.9. The summed E-state index contributed by atoms with van der Waals surface area (Å²) < 4.78 is 39.9. The van der Waals surface area contributed by atoms with Gasteiger partial charge in [-0.3, -0.25) is 14.3 Å². The van der Waals surface area contributed by atoms with E-state index in [1.54, 1.807) is 25.3 Å². The van der Waals surface area contributed by atoms with E-state index in [2.05, 4.69) is 15.0 Å². The SMILES string of the molecule is COc1ccc2c(OC3CC4C(=O)NC5(C(=O)NS(=O)(=O)C6CC6)CC5/C=C\CCCCN(C)C(=O)N4C3)nccc2c1-c1ccccc1. The fraction of sp³-hybridized carbons (Fsp3) is 0.444. The van der Waals surface area contributed by atoms with Crippen LogP contribution in [0.15, 0.2) is 66.9 Å². The van der Waals surface area contributed by atoms with Gasteiger partial charge in [0.05, 0.1) is 18.9 Å². The molecule has 0 spiro atoms. The normalized spacial score (nSPS) is 26.6. The number of benzene rings is 2. The van der Waals surface area contributed by atoms with Gasteiger partial charge in [0.1, 0.15) is 23.4 Å².